The molecular formula is C19H15FN2O2. The molecule has 0 fully saturated rings. The molecule has 0 aliphatic rings. The third-order valence-electron chi connectivity index (χ3n) is 3.22. The van der Waals surface area contributed by atoms with Gasteiger partial charge in [-0.3, -0.25) is 0 Å². The molecule has 120 valence electrons. The molecule has 0 radical (unpaired) electrons. The van der Waals surface area contributed by atoms with E-state index in [1.54, 1.807) is 6.92 Å². The standard InChI is InChI=1S/C19H15FN2O2/c1-14(22-24-19-9-5-8-18(20)21-19)15-10-12-17(13-11-15)23-16-6-3-2-4-7-16/h2-13H,1H3/b22-14-. The molecule has 1 aromatic heterocycles. The Morgan fingerprint density at radius 2 is 1.58 bits per heavy atom. The maximum Gasteiger partial charge on any atom is 0.251 e. The Hall–Kier alpha value is -3.21. The average Bonchev–Trinajstić information content (AvgIpc) is 2.61. The van der Waals surface area contributed by atoms with Crippen LogP contribution in [0.5, 0.6) is 17.4 Å². The molecule has 0 aliphatic heterocycles. The van der Waals surface area contributed by atoms with Gasteiger partial charge < -0.3 is 9.57 Å². The van der Waals surface area contributed by atoms with Crippen LogP contribution in [0, 0.1) is 5.95 Å². The van der Waals surface area contributed by atoms with Crippen molar-refractivity contribution in [2.75, 3.05) is 0 Å². The van der Waals surface area contributed by atoms with Crippen molar-refractivity contribution in [1.82, 2.24) is 4.98 Å². The summed E-state index contributed by atoms with van der Waals surface area (Å²) < 4.78 is 18.7. The zero-order valence-electron chi connectivity index (χ0n) is 13.0. The third-order valence-corrected chi connectivity index (χ3v) is 3.22. The molecule has 24 heavy (non-hydrogen) atoms. The van der Waals surface area contributed by atoms with Crippen LogP contribution < -0.4 is 9.57 Å². The quantitative estimate of drug-likeness (QED) is 0.384. The summed E-state index contributed by atoms with van der Waals surface area (Å²) in [7, 11) is 0. The molecule has 0 saturated heterocycles. The predicted molar refractivity (Wildman–Crippen MR) is 90.0 cm³/mol. The molecule has 3 aromatic rings. The topological polar surface area (TPSA) is 43.7 Å². The first kappa shape index (κ1) is 15.7. The molecule has 0 N–H and O–H groups in total. The van der Waals surface area contributed by atoms with Gasteiger partial charge in [0.15, 0.2) is 0 Å². The first-order valence-electron chi connectivity index (χ1n) is 7.38. The lowest BCUT2D eigenvalue weighted by molar-refractivity contribution is 0.321. The smallest absolute Gasteiger partial charge is 0.251 e. The Kier molecular flexibility index (Phi) is 4.81. The minimum Gasteiger partial charge on any atom is -0.457 e. The van der Waals surface area contributed by atoms with Gasteiger partial charge in [0, 0.05) is 6.07 Å². The number of para-hydroxylation sites is 1. The first-order valence-corrected chi connectivity index (χ1v) is 7.38. The number of hydrogen-bond donors (Lipinski definition) is 0. The summed E-state index contributed by atoms with van der Waals surface area (Å²) in [4.78, 5) is 8.72. The molecular weight excluding hydrogens is 307 g/mol. The molecule has 0 bridgehead atoms. The van der Waals surface area contributed by atoms with Crippen LogP contribution in [0.2, 0.25) is 0 Å². The van der Waals surface area contributed by atoms with Crippen molar-refractivity contribution in [3.05, 3.63) is 84.3 Å². The monoisotopic (exact) mass is 322 g/mol. The van der Waals surface area contributed by atoms with Gasteiger partial charge in [-0.15, -0.1) is 0 Å². The highest BCUT2D eigenvalue weighted by Crippen LogP contribution is 2.21. The van der Waals surface area contributed by atoms with Gasteiger partial charge in [0.2, 0.25) is 5.95 Å². The van der Waals surface area contributed by atoms with Gasteiger partial charge in [0.25, 0.3) is 5.88 Å². The van der Waals surface area contributed by atoms with Crippen LogP contribution in [0.3, 0.4) is 0 Å². The molecule has 4 nitrogen and oxygen atoms in total. The Morgan fingerprint density at radius 3 is 2.29 bits per heavy atom. The van der Waals surface area contributed by atoms with Gasteiger partial charge in [-0.2, -0.15) is 9.37 Å². The maximum atomic E-state index is 13.0. The summed E-state index contributed by atoms with van der Waals surface area (Å²) in [5.74, 6) is 1.00. The largest absolute Gasteiger partial charge is 0.457 e. The zero-order valence-corrected chi connectivity index (χ0v) is 13.0. The molecule has 0 spiro atoms. The van der Waals surface area contributed by atoms with E-state index in [9.17, 15) is 4.39 Å². The summed E-state index contributed by atoms with van der Waals surface area (Å²) in [6.07, 6.45) is 0. The first-order chi connectivity index (χ1) is 11.7. The molecule has 0 unspecified atom stereocenters. The Labute approximate surface area is 139 Å². The minimum atomic E-state index is -0.609. The SMILES string of the molecule is C/C(=N/Oc1cccc(F)n1)c1ccc(Oc2ccccc2)cc1. The lowest BCUT2D eigenvalue weighted by atomic mass is 10.1. The van der Waals surface area contributed by atoms with Gasteiger partial charge in [-0.05, 0) is 55.0 Å². The van der Waals surface area contributed by atoms with Gasteiger partial charge in [0.1, 0.15) is 11.5 Å². The van der Waals surface area contributed by atoms with Crippen LogP contribution in [0.15, 0.2) is 78.0 Å². The van der Waals surface area contributed by atoms with E-state index in [0.29, 0.717) is 5.71 Å². The predicted octanol–water partition coefficient (Wildman–Crippen LogP) is 4.82. The second-order valence-corrected chi connectivity index (χ2v) is 5.01. The van der Waals surface area contributed by atoms with E-state index in [0.717, 1.165) is 17.1 Å². The summed E-state index contributed by atoms with van der Waals surface area (Å²) in [5.41, 5.74) is 1.51. The number of benzene rings is 2. The average molecular weight is 322 g/mol. The van der Waals surface area contributed by atoms with Crippen LogP contribution >= 0.6 is 0 Å². The highest BCUT2D eigenvalue weighted by Gasteiger charge is 2.02. The van der Waals surface area contributed by atoms with E-state index in [1.165, 1.54) is 18.2 Å². The second-order valence-electron chi connectivity index (χ2n) is 5.01. The lowest BCUT2D eigenvalue weighted by Crippen LogP contribution is -1.99. The van der Waals surface area contributed by atoms with Crippen LogP contribution in [-0.4, -0.2) is 10.7 Å². The Balaban J connectivity index is 1.67. The summed E-state index contributed by atoms with van der Waals surface area (Å²) in [5, 5.41) is 3.97. The van der Waals surface area contributed by atoms with Gasteiger partial charge in [-0.25, -0.2) is 0 Å². The molecule has 1 heterocycles. The summed E-state index contributed by atoms with van der Waals surface area (Å²) >= 11 is 0. The fourth-order valence-electron chi connectivity index (χ4n) is 2.00. The number of nitrogens with zero attached hydrogens (tertiary/aromatic N) is 2. The van der Waals surface area contributed by atoms with E-state index in [4.69, 9.17) is 9.57 Å². The number of pyridine rings is 1. The molecule has 2 aromatic carbocycles. The summed E-state index contributed by atoms with van der Waals surface area (Å²) in [6.45, 7) is 1.80. The van der Waals surface area contributed by atoms with E-state index >= 15 is 0 Å². The minimum absolute atomic E-state index is 0.110. The summed E-state index contributed by atoms with van der Waals surface area (Å²) in [6, 6.07) is 21.3. The third kappa shape index (κ3) is 4.16. The molecule has 0 atom stereocenters. The highest BCUT2D eigenvalue weighted by molar-refractivity contribution is 5.98. The number of rotatable bonds is 5. The normalized spacial score (nSPS) is 11.2. The van der Waals surface area contributed by atoms with Gasteiger partial charge >= 0.3 is 0 Å². The Bertz CT molecular complexity index is 834. The van der Waals surface area contributed by atoms with Crippen molar-refractivity contribution in [3.8, 4) is 17.4 Å². The van der Waals surface area contributed by atoms with E-state index in [2.05, 4.69) is 10.1 Å². The van der Waals surface area contributed by atoms with Crippen molar-refractivity contribution in [1.29, 1.82) is 0 Å². The fourth-order valence-corrected chi connectivity index (χ4v) is 2.00. The molecule has 0 aliphatic carbocycles. The zero-order chi connectivity index (χ0) is 16.8. The van der Waals surface area contributed by atoms with Crippen molar-refractivity contribution < 1.29 is 14.0 Å². The van der Waals surface area contributed by atoms with Crippen molar-refractivity contribution in [2.24, 2.45) is 5.16 Å². The maximum absolute atomic E-state index is 13.0. The highest BCUT2D eigenvalue weighted by atomic mass is 19.1. The Morgan fingerprint density at radius 1 is 0.875 bits per heavy atom. The van der Waals surface area contributed by atoms with Crippen molar-refractivity contribution in [3.63, 3.8) is 0 Å². The number of halogens is 1. The van der Waals surface area contributed by atoms with Crippen molar-refractivity contribution in [2.45, 2.75) is 6.92 Å². The van der Waals surface area contributed by atoms with Crippen LogP contribution in [0.4, 0.5) is 4.39 Å². The molecule has 5 heteroatoms. The molecule has 0 saturated carbocycles. The number of hydrogen-bond acceptors (Lipinski definition) is 4. The van der Waals surface area contributed by atoms with Crippen LogP contribution in [-0.2, 0) is 0 Å². The number of oxime groups is 1. The fraction of sp³-hybridized carbons (Fsp3) is 0.0526. The van der Waals surface area contributed by atoms with Gasteiger partial charge in [-0.1, -0.05) is 29.4 Å². The molecule has 0 amide bonds. The lowest BCUT2D eigenvalue weighted by Gasteiger charge is -2.06. The van der Waals surface area contributed by atoms with Gasteiger partial charge in [0.05, 0.1) is 5.71 Å². The number of aromatic nitrogens is 1. The second kappa shape index (κ2) is 7.37. The van der Waals surface area contributed by atoms with Crippen LogP contribution in [0.1, 0.15) is 12.5 Å². The van der Waals surface area contributed by atoms with E-state index in [1.807, 2.05) is 54.6 Å². The molecule has 3 rings (SSSR count). The van der Waals surface area contributed by atoms with E-state index in [-0.39, 0.29) is 5.88 Å². The number of ether oxygens (including phenoxy) is 1. The van der Waals surface area contributed by atoms with E-state index < -0.39 is 5.95 Å². The van der Waals surface area contributed by atoms with Crippen LogP contribution in [0.25, 0.3) is 0 Å². The van der Waals surface area contributed by atoms with Crippen molar-refractivity contribution >= 4 is 5.71 Å².